The van der Waals surface area contributed by atoms with Gasteiger partial charge in [-0.2, -0.15) is 13.2 Å². The fourth-order valence-electron chi connectivity index (χ4n) is 5.39. The summed E-state index contributed by atoms with van der Waals surface area (Å²) in [5.74, 6) is -0.132. The molecule has 1 saturated carbocycles. The molecular formula is C25H19F3N4O2. The molecule has 1 aliphatic carbocycles. The summed E-state index contributed by atoms with van der Waals surface area (Å²) < 4.78 is 41.0. The molecule has 34 heavy (non-hydrogen) atoms. The Hall–Kier alpha value is -3.88. The average molecular weight is 464 g/mol. The Kier molecular flexibility index (Phi) is 4.01. The molecular weight excluding hydrogens is 445 g/mol. The first-order valence-electron chi connectivity index (χ1n) is 10.8. The molecule has 4 heterocycles. The van der Waals surface area contributed by atoms with E-state index >= 15 is 0 Å². The zero-order chi connectivity index (χ0) is 24.0. The Morgan fingerprint density at radius 2 is 1.88 bits per heavy atom. The number of rotatable bonds is 2. The minimum atomic E-state index is -4.58. The predicted octanol–water partition coefficient (Wildman–Crippen LogP) is 4.35. The first-order valence-corrected chi connectivity index (χ1v) is 10.8. The van der Waals surface area contributed by atoms with Crippen LogP contribution in [0.5, 0.6) is 0 Å². The largest absolute Gasteiger partial charge is 0.433 e. The monoisotopic (exact) mass is 464 g/mol. The maximum atomic E-state index is 13.3. The molecule has 1 N–H and O–H groups in total. The average Bonchev–Trinajstić information content (AvgIpc) is 3.34. The fraction of sp³-hybridized carbons (Fsp3) is 0.240. The second kappa shape index (κ2) is 6.59. The number of alkyl halides is 3. The van der Waals surface area contributed by atoms with E-state index in [2.05, 4.69) is 9.97 Å². The first kappa shape index (κ1) is 20.7. The number of H-pyrrole nitrogens is 1. The van der Waals surface area contributed by atoms with Crippen molar-refractivity contribution in [3.05, 3.63) is 82.0 Å². The van der Waals surface area contributed by atoms with E-state index in [1.807, 2.05) is 24.3 Å². The standard InChI is InChI=1S/C25H19F3N4O2/c1-31-12-15(17-11-24(17)16-5-3-4-6-19(16)32(2)23(24)34)14-10-18(30-21(14)22(31)33)13-7-8-29-20(9-13)25(26,27)28/h3-10,12,17,30H,11H2,1-2H3/t17-,24-/m1/s1. The van der Waals surface area contributed by atoms with Crippen molar-refractivity contribution in [2.24, 2.45) is 7.05 Å². The molecule has 1 aromatic carbocycles. The molecule has 0 saturated heterocycles. The summed E-state index contributed by atoms with van der Waals surface area (Å²) in [6.07, 6.45) is -1.13. The van der Waals surface area contributed by atoms with Crippen LogP contribution in [0.1, 0.15) is 29.2 Å². The second-order valence-electron chi connectivity index (χ2n) is 9.01. The highest BCUT2D eigenvalue weighted by Gasteiger charge is 2.67. The number of nitrogens with one attached hydrogen (secondary N) is 1. The number of hydrogen-bond donors (Lipinski definition) is 1. The van der Waals surface area contributed by atoms with E-state index in [0.717, 1.165) is 29.1 Å². The Balaban J connectivity index is 1.51. The minimum absolute atomic E-state index is 0.0143. The van der Waals surface area contributed by atoms with Crippen LogP contribution in [0.2, 0.25) is 0 Å². The van der Waals surface area contributed by atoms with E-state index in [9.17, 15) is 22.8 Å². The number of likely N-dealkylation sites (N-methyl/N-ethyl adjacent to an activating group) is 1. The third-order valence-corrected chi connectivity index (χ3v) is 7.13. The molecule has 6 nitrogen and oxygen atoms in total. The van der Waals surface area contributed by atoms with Crippen LogP contribution in [-0.4, -0.2) is 27.5 Å². The van der Waals surface area contributed by atoms with Gasteiger partial charge in [0.25, 0.3) is 5.56 Å². The van der Waals surface area contributed by atoms with Gasteiger partial charge in [0.1, 0.15) is 11.2 Å². The predicted molar refractivity (Wildman–Crippen MR) is 121 cm³/mol. The summed E-state index contributed by atoms with van der Waals surface area (Å²) in [5.41, 5.74) is 1.65. The Bertz CT molecular complexity index is 1570. The number of pyridine rings is 2. The van der Waals surface area contributed by atoms with Crippen molar-refractivity contribution in [2.45, 2.75) is 23.9 Å². The molecule has 4 aromatic rings. The molecule has 1 fully saturated rings. The third-order valence-electron chi connectivity index (χ3n) is 7.13. The Morgan fingerprint density at radius 1 is 1.12 bits per heavy atom. The smallest absolute Gasteiger partial charge is 0.350 e. The lowest BCUT2D eigenvalue weighted by molar-refractivity contribution is -0.141. The summed E-state index contributed by atoms with van der Waals surface area (Å²) in [7, 11) is 3.39. The molecule has 1 aliphatic heterocycles. The van der Waals surface area contributed by atoms with Crippen LogP contribution in [0.4, 0.5) is 18.9 Å². The molecule has 6 rings (SSSR count). The van der Waals surface area contributed by atoms with Crippen LogP contribution in [0.3, 0.4) is 0 Å². The van der Waals surface area contributed by atoms with Gasteiger partial charge in [-0.1, -0.05) is 18.2 Å². The van der Waals surface area contributed by atoms with Crippen LogP contribution >= 0.6 is 0 Å². The first-order chi connectivity index (χ1) is 16.1. The number of aryl methyl sites for hydroxylation is 1. The number of halogens is 3. The van der Waals surface area contributed by atoms with Gasteiger partial charge >= 0.3 is 6.18 Å². The van der Waals surface area contributed by atoms with Gasteiger partial charge in [0.15, 0.2) is 0 Å². The van der Waals surface area contributed by atoms with Gasteiger partial charge in [-0.15, -0.1) is 0 Å². The second-order valence-corrected chi connectivity index (χ2v) is 9.01. The SMILES string of the molecule is CN1C(=O)[C@]2(C[C@@H]2c2cn(C)c(=O)c3[nH]c(-c4ccnc(C(F)(F)F)c4)cc23)c2ccccc21. The lowest BCUT2D eigenvalue weighted by Crippen LogP contribution is -2.29. The Morgan fingerprint density at radius 3 is 2.65 bits per heavy atom. The Labute approximate surface area is 191 Å². The molecule has 1 amide bonds. The van der Waals surface area contributed by atoms with Crippen LogP contribution < -0.4 is 10.5 Å². The number of nitrogens with zero attached hydrogens (tertiary/aromatic N) is 3. The summed E-state index contributed by atoms with van der Waals surface area (Å²) in [5, 5.41) is 0.616. The van der Waals surface area contributed by atoms with Gasteiger partial charge < -0.3 is 14.5 Å². The van der Waals surface area contributed by atoms with Gasteiger partial charge in [0.05, 0.1) is 5.41 Å². The van der Waals surface area contributed by atoms with Gasteiger partial charge in [-0.3, -0.25) is 14.6 Å². The van der Waals surface area contributed by atoms with E-state index in [-0.39, 0.29) is 22.9 Å². The van der Waals surface area contributed by atoms with Crippen molar-refractivity contribution >= 4 is 22.5 Å². The zero-order valence-corrected chi connectivity index (χ0v) is 18.3. The number of aromatic amines is 1. The highest BCUT2D eigenvalue weighted by atomic mass is 19.4. The highest BCUT2D eigenvalue weighted by molar-refractivity contribution is 6.11. The van der Waals surface area contributed by atoms with E-state index in [0.29, 0.717) is 23.0 Å². The van der Waals surface area contributed by atoms with Crippen LogP contribution in [0.25, 0.3) is 22.2 Å². The topological polar surface area (TPSA) is 71.0 Å². The van der Waals surface area contributed by atoms with Crippen LogP contribution in [0, 0.1) is 0 Å². The summed E-state index contributed by atoms with van der Waals surface area (Å²) in [6.45, 7) is 0. The fourth-order valence-corrected chi connectivity index (χ4v) is 5.39. The van der Waals surface area contributed by atoms with Gasteiger partial charge in [-0.05, 0) is 41.8 Å². The van der Waals surface area contributed by atoms with E-state index in [1.54, 1.807) is 31.3 Å². The molecule has 172 valence electrons. The summed E-state index contributed by atoms with van der Waals surface area (Å²) in [6, 6.07) is 11.8. The molecule has 3 aromatic heterocycles. The van der Waals surface area contributed by atoms with Gasteiger partial charge in [-0.25, -0.2) is 0 Å². The summed E-state index contributed by atoms with van der Waals surface area (Å²) >= 11 is 0. The summed E-state index contributed by atoms with van der Waals surface area (Å²) in [4.78, 5) is 34.3. The van der Waals surface area contributed by atoms with Crippen molar-refractivity contribution in [1.29, 1.82) is 0 Å². The number of fused-ring (bicyclic) bond motifs is 3. The van der Waals surface area contributed by atoms with Crippen molar-refractivity contribution in [2.75, 3.05) is 11.9 Å². The molecule has 0 bridgehead atoms. The van der Waals surface area contributed by atoms with E-state index in [4.69, 9.17) is 0 Å². The molecule has 9 heteroatoms. The molecule has 0 radical (unpaired) electrons. The molecule has 0 unspecified atom stereocenters. The van der Waals surface area contributed by atoms with E-state index in [1.165, 1.54) is 10.6 Å². The van der Waals surface area contributed by atoms with Gasteiger partial charge in [0.2, 0.25) is 5.91 Å². The number of hydrogen-bond acceptors (Lipinski definition) is 3. The zero-order valence-electron chi connectivity index (χ0n) is 18.3. The lowest BCUT2D eigenvalue weighted by Gasteiger charge is -2.12. The number of amides is 1. The minimum Gasteiger partial charge on any atom is -0.350 e. The normalized spacial score (nSPS) is 21.5. The van der Waals surface area contributed by atoms with E-state index < -0.39 is 17.3 Å². The maximum Gasteiger partial charge on any atom is 0.433 e. The van der Waals surface area contributed by atoms with Crippen molar-refractivity contribution in [3.8, 4) is 11.3 Å². The highest BCUT2D eigenvalue weighted by Crippen LogP contribution is 2.66. The quantitative estimate of drug-likeness (QED) is 0.480. The van der Waals surface area contributed by atoms with Crippen molar-refractivity contribution in [1.82, 2.24) is 14.5 Å². The van der Waals surface area contributed by atoms with Crippen LogP contribution in [0.15, 0.2) is 59.7 Å². The number of benzene rings is 1. The number of carbonyl (C=O) groups excluding carboxylic acids is 1. The maximum absolute atomic E-state index is 13.3. The number of anilines is 1. The molecule has 2 atom stereocenters. The van der Waals surface area contributed by atoms with Gasteiger partial charge in [0, 0.05) is 54.7 Å². The number of aromatic nitrogens is 3. The van der Waals surface area contributed by atoms with Crippen molar-refractivity contribution < 1.29 is 18.0 Å². The number of carbonyl (C=O) groups is 1. The molecule has 1 spiro atoms. The number of para-hydroxylation sites is 1. The van der Waals surface area contributed by atoms with Crippen molar-refractivity contribution in [3.63, 3.8) is 0 Å². The lowest BCUT2D eigenvalue weighted by atomic mass is 9.91. The van der Waals surface area contributed by atoms with Crippen LogP contribution in [-0.2, 0) is 23.4 Å². The molecule has 2 aliphatic rings. The third kappa shape index (κ3) is 2.66.